The van der Waals surface area contributed by atoms with Gasteiger partial charge in [-0.15, -0.1) is 0 Å². The molecule has 0 radical (unpaired) electrons. The van der Waals surface area contributed by atoms with E-state index in [2.05, 4.69) is 21.7 Å². The number of guanidine groups is 1. The van der Waals surface area contributed by atoms with Crippen molar-refractivity contribution >= 4 is 17.6 Å². The van der Waals surface area contributed by atoms with E-state index >= 15 is 0 Å². The van der Waals surface area contributed by atoms with Gasteiger partial charge in [-0.3, -0.25) is 4.79 Å². The van der Waals surface area contributed by atoms with Crippen LogP contribution in [0, 0.1) is 0 Å². The average molecular weight is 288 g/mol. The fourth-order valence-electron chi connectivity index (χ4n) is 2.42. The summed E-state index contributed by atoms with van der Waals surface area (Å²) in [6, 6.07) is 8.09. The number of rotatable bonds is 5. The molecule has 1 aromatic carbocycles. The molecule has 1 heterocycles. The maximum atomic E-state index is 11.8. The lowest BCUT2D eigenvalue weighted by Gasteiger charge is -2.16. The number of aliphatic imine (C=N–C) groups is 1. The minimum absolute atomic E-state index is 0.219. The van der Waals surface area contributed by atoms with E-state index in [0.29, 0.717) is 13.0 Å². The summed E-state index contributed by atoms with van der Waals surface area (Å²) in [6.45, 7) is 7.21. The Morgan fingerprint density at radius 2 is 2.05 bits per heavy atom. The van der Waals surface area contributed by atoms with Crippen molar-refractivity contribution in [2.24, 2.45) is 4.99 Å². The number of hydrogen-bond acceptors (Lipinski definition) is 2. The van der Waals surface area contributed by atoms with Crippen molar-refractivity contribution in [2.45, 2.75) is 33.2 Å². The smallest absolute Gasteiger partial charge is 0.227 e. The van der Waals surface area contributed by atoms with E-state index in [4.69, 9.17) is 0 Å². The Hall–Kier alpha value is -2.04. The summed E-state index contributed by atoms with van der Waals surface area (Å²) in [6.07, 6.45) is 1.61. The van der Waals surface area contributed by atoms with Crippen molar-refractivity contribution in [2.75, 3.05) is 24.5 Å². The molecule has 2 rings (SSSR count). The molecule has 0 aliphatic carbocycles. The maximum absolute atomic E-state index is 11.8. The number of anilines is 1. The van der Waals surface area contributed by atoms with E-state index in [9.17, 15) is 4.79 Å². The lowest BCUT2D eigenvalue weighted by Crippen LogP contribution is -2.36. The number of nitrogens with zero attached hydrogens (tertiary/aromatic N) is 2. The van der Waals surface area contributed by atoms with E-state index in [1.807, 2.05) is 36.9 Å². The first-order valence-electron chi connectivity index (χ1n) is 7.66. The van der Waals surface area contributed by atoms with Crippen LogP contribution in [0.15, 0.2) is 29.3 Å². The van der Waals surface area contributed by atoms with Crippen LogP contribution in [-0.4, -0.2) is 31.5 Å². The van der Waals surface area contributed by atoms with Crippen LogP contribution in [0.2, 0.25) is 0 Å². The van der Waals surface area contributed by atoms with Gasteiger partial charge in [0.25, 0.3) is 0 Å². The van der Waals surface area contributed by atoms with Gasteiger partial charge in [-0.2, -0.15) is 0 Å². The van der Waals surface area contributed by atoms with Crippen molar-refractivity contribution in [3.63, 3.8) is 0 Å². The minimum Gasteiger partial charge on any atom is -0.357 e. The molecule has 0 bridgehead atoms. The zero-order chi connectivity index (χ0) is 15.1. The molecule has 1 aliphatic rings. The van der Waals surface area contributed by atoms with Gasteiger partial charge in [0.05, 0.1) is 6.54 Å². The molecule has 1 aromatic rings. The van der Waals surface area contributed by atoms with E-state index < -0.39 is 0 Å². The second-order valence-electron chi connectivity index (χ2n) is 5.04. The minimum atomic E-state index is 0.219. The van der Waals surface area contributed by atoms with Crippen molar-refractivity contribution in [1.82, 2.24) is 10.6 Å². The highest BCUT2D eigenvalue weighted by Crippen LogP contribution is 2.22. The highest BCUT2D eigenvalue weighted by molar-refractivity contribution is 5.95. The summed E-state index contributed by atoms with van der Waals surface area (Å²) < 4.78 is 0. The maximum Gasteiger partial charge on any atom is 0.227 e. The molecular weight excluding hydrogens is 264 g/mol. The third-order valence-corrected chi connectivity index (χ3v) is 3.40. The topological polar surface area (TPSA) is 56.7 Å². The normalized spacial score (nSPS) is 14.2. The fraction of sp³-hybridized carbons (Fsp3) is 0.500. The molecule has 5 heteroatoms. The molecule has 0 spiro atoms. The highest BCUT2D eigenvalue weighted by atomic mass is 16.2. The van der Waals surface area contributed by atoms with Crippen molar-refractivity contribution in [1.29, 1.82) is 0 Å². The SMILES string of the molecule is CCNC(=NCc1cccc(N2CCCC2=O)c1)NCC. The summed E-state index contributed by atoms with van der Waals surface area (Å²) in [4.78, 5) is 18.2. The zero-order valence-corrected chi connectivity index (χ0v) is 12.9. The van der Waals surface area contributed by atoms with Crippen LogP contribution in [0.5, 0.6) is 0 Å². The summed E-state index contributed by atoms with van der Waals surface area (Å²) in [7, 11) is 0. The largest absolute Gasteiger partial charge is 0.357 e. The first-order valence-corrected chi connectivity index (χ1v) is 7.66. The predicted octanol–water partition coefficient (Wildman–Crippen LogP) is 1.89. The first kappa shape index (κ1) is 15.4. The molecule has 5 nitrogen and oxygen atoms in total. The van der Waals surface area contributed by atoms with Crippen molar-refractivity contribution in [3.05, 3.63) is 29.8 Å². The van der Waals surface area contributed by atoms with E-state index in [-0.39, 0.29) is 5.91 Å². The number of benzene rings is 1. The van der Waals surface area contributed by atoms with E-state index in [0.717, 1.165) is 43.3 Å². The zero-order valence-electron chi connectivity index (χ0n) is 12.9. The van der Waals surface area contributed by atoms with Gasteiger partial charge in [0, 0.05) is 31.7 Å². The fourth-order valence-corrected chi connectivity index (χ4v) is 2.42. The summed E-state index contributed by atoms with van der Waals surface area (Å²) in [5, 5.41) is 6.41. The molecule has 0 saturated carbocycles. The van der Waals surface area contributed by atoms with Gasteiger partial charge in [0.15, 0.2) is 5.96 Å². The van der Waals surface area contributed by atoms with Gasteiger partial charge in [-0.1, -0.05) is 12.1 Å². The molecule has 0 unspecified atom stereocenters. The van der Waals surface area contributed by atoms with Crippen molar-refractivity contribution in [3.8, 4) is 0 Å². The molecule has 2 N–H and O–H groups in total. The third kappa shape index (κ3) is 4.21. The molecule has 21 heavy (non-hydrogen) atoms. The summed E-state index contributed by atoms with van der Waals surface area (Å²) >= 11 is 0. The Bertz CT molecular complexity index is 505. The molecular formula is C16H24N4O. The third-order valence-electron chi connectivity index (χ3n) is 3.40. The molecule has 0 atom stereocenters. The number of carbonyl (C=O) groups is 1. The number of amides is 1. The highest BCUT2D eigenvalue weighted by Gasteiger charge is 2.21. The quantitative estimate of drug-likeness (QED) is 0.642. The van der Waals surface area contributed by atoms with Gasteiger partial charge >= 0.3 is 0 Å². The molecule has 1 aliphatic heterocycles. The van der Waals surface area contributed by atoms with E-state index in [1.165, 1.54) is 0 Å². The van der Waals surface area contributed by atoms with E-state index in [1.54, 1.807) is 0 Å². The van der Waals surface area contributed by atoms with Crippen LogP contribution in [0.25, 0.3) is 0 Å². The van der Waals surface area contributed by atoms with Gasteiger partial charge < -0.3 is 15.5 Å². The average Bonchev–Trinajstić information content (AvgIpc) is 2.92. The Labute approximate surface area is 126 Å². The molecule has 1 fully saturated rings. The lowest BCUT2D eigenvalue weighted by atomic mass is 10.2. The summed E-state index contributed by atoms with van der Waals surface area (Å²) in [5.41, 5.74) is 2.10. The second-order valence-corrected chi connectivity index (χ2v) is 5.04. The molecule has 1 saturated heterocycles. The first-order chi connectivity index (χ1) is 10.2. The molecule has 0 aromatic heterocycles. The van der Waals surface area contributed by atoms with Crippen LogP contribution in [0.1, 0.15) is 32.3 Å². The van der Waals surface area contributed by atoms with Gasteiger partial charge in [0.1, 0.15) is 0 Å². The Morgan fingerprint density at radius 1 is 1.29 bits per heavy atom. The summed E-state index contributed by atoms with van der Waals surface area (Å²) in [5.74, 6) is 1.04. The molecule has 1 amide bonds. The second kappa shape index (κ2) is 7.67. The number of carbonyl (C=O) groups excluding carboxylic acids is 1. The van der Waals surface area contributed by atoms with Crippen LogP contribution in [-0.2, 0) is 11.3 Å². The van der Waals surface area contributed by atoms with Gasteiger partial charge in [0.2, 0.25) is 5.91 Å². The van der Waals surface area contributed by atoms with Crippen molar-refractivity contribution < 1.29 is 4.79 Å². The van der Waals surface area contributed by atoms with Crippen LogP contribution in [0.3, 0.4) is 0 Å². The molecule has 114 valence electrons. The van der Waals surface area contributed by atoms with Gasteiger partial charge in [-0.25, -0.2) is 4.99 Å². The monoisotopic (exact) mass is 288 g/mol. The Kier molecular flexibility index (Phi) is 5.60. The lowest BCUT2D eigenvalue weighted by molar-refractivity contribution is -0.117. The Morgan fingerprint density at radius 3 is 2.67 bits per heavy atom. The Balaban J connectivity index is 2.06. The number of hydrogen-bond donors (Lipinski definition) is 2. The standard InChI is InChI=1S/C16H24N4O/c1-3-17-16(18-4-2)19-12-13-7-5-8-14(11-13)20-10-6-9-15(20)21/h5,7-8,11H,3-4,6,9-10,12H2,1-2H3,(H2,17,18,19). The predicted molar refractivity (Wildman–Crippen MR) is 86.5 cm³/mol. The van der Waals surface area contributed by atoms with Crippen LogP contribution in [0.4, 0.5) is 5.69 Å². The van der Waals surface area contributed by atoms with Crippen LogP contribution < -0.4 is 15.5 Å². The van der Waals surface area contributed by atoms with Crippen LogP contribution >= 0.6 is 0 Å². The van der Waals surface area contributed by atoms with Gasteiger partial charge in [-0.05, 0) is 38.0 Å². The number of nitrogens with one attached hydrogen (secondary N) is 2.